The highest BCUT2D eigenvalue weighted by molar-refractivity contribution is 5.71. The van der Waals surface area contributed by atoms with E-state index >= 15 is 0 Å². The Bertz CT molecular complexity index is 947. The quantitative estimate of drug-likeness (QED) is 0.0344. The zero-order valence-corrected chi connectivity index (χ0v) is 42.5. The van der Waals surface area contributed by atoms with Gasteiger partial charge in [0.05, 0.1) is 0 Å². The van der Waals surface area contributed by atoms with Gasteiger partial charge in [-0.3, -0.25) is 14.4 Å². The smallest absolute Gasteiger partial charge is 0.306 e. The van der Waals surface area contributed by atoms with Crippen LogP contribution < -0.4 is 0 Å². The Morgan fingerprint density at radius 2 is 0.532 bits per heavy atom. The van der Waals surface area contributed by atoms with Gasteiger partial charge in [0.25, 0.3) is 0 Å². The lowest BCUT2D eigenvalue weighted by Gasteiger charge is -2.18. The Morgan fingerprint density at radius 3 is 0.790 bits per heavy atom. The number of carbonyl (C=O) groups excluding carboxylic acids is 3. The molecule has 6 heteroatoms. The van der Waals surface area contributed by atoms with Crippen LogP contribution in [-0.2, 0) is 28.6 Å². The number of ether oxygens (including phenoxy) is 3. The lowest BCUT2D eigenvalue weighted by molar-refractivity contribution is -0.167. The highest BCUT2D eigenvalue weighted by atomic mass is 16.6. The van der Waals surface area contributed by atoms with Crippen LogP contribution in [0.25, 0.3) is 0 Å². The molecule has 0 aromatic rings. The number of esters is 3. The van der Waals surface area contributed by atoms with Gasteiger partial charge in [0.2, 0.25) is 0 Å². The second kappa shape index (κ2) is 48.9. The van der Waals surface area contributed by atoms with Crippen molar-refractivity contribution in [2.45, 2.75) is 317 Å². The molecule has 0 rings (SSSR count). The van der Waals surface area contributed by atoms with Crippen LogP contribution in [0.3, 0.4) is 0 Å². The van der Waals surface area contributed by atoms with E-state index in [0.29, 0.717) is 19.3 Å². The van der Waals surface area contributed by atoms with Gasteiger partial charge in [-0.05, 0) is 31.1 Å². The Morgan fingerprint density at radius 1 is 0.306 bits per heavy atom. The van der Waals surface area contributed by atoms with Crippen molar-refractivity contribution in [3.63, 3.8) is 0 Å². The van der Waals surface area contributed by atoms with Crippen LogP contribution in [0.5, 0.6) is 0 Å². The summed E-state index contributed by atoms with van der Waals surface area (Å²) >= 11 is 0. The first kappa shape index (κ1) is 60.4. The molecule has 6 nitrogen and oxygen atoms in total. The fourth-order valence-electron chi connectivity index (χ4n) is 8.52. The van der Waals surface area contributed by atoms with E-state index in [0.717, 1.165) is 69.6 Å². The minimum Gasteiger partial charge on any atom is -0.462 e. The van der Waals surface area contributed by atoms with Crippen LogP contribution in [0, 0.1) is 11.8 Å². The SMILES string of the molecule is CCCCCCCCCCCCCCC(=O)OC[C@@H](COC(=O)CCCCCCCCCCC(C)C)OC(=O)CCCCCCCCCCCCCCCCCCCCC(C)C. The zero-order chi connectivity index (χ0) is 45.4. The largest absolute Gasteiger partial charge is 0.462 e. The van der Waals surface area contributed by atoms with Gasteiger partial charge in [-0.25, -0.2) is 0 Å². The molecule has 0 fully saturated rings. The van der Waals surface area contributed by atoms with E-state index in [-0.39, 0.29) is 31.1 Å². The minimum atomic E-state index is -0.762. The Kier molecular flexibility index (Phi) is 47.6. The van der Waals surface area contributed by atoms with Gasteiger partial charge < -0.3 is 14.2 Å². The van der Waals surface area contributed by atoms with Crippen molar-refractivity contribution in [2.24, 2.45) is 11.8 Å². The first-order chi connectivity index (χ1) is 30.2. The van der Waals surface area contributed by atoms with Crippen molar-refractivity contribution >= 4 is 17.9 Å². The first-order valence-electron chi connectivity index (χ1n) is 27.7. The summed E-state index contributed by atoms with van der Waals surface area (Å²) in [6.45, 7) is 11.4. The molecule has 0 aromatic heterocycles. The molecule has 1 atom stereocenters. The summed E-state index contributed by atoms with van der Waals surface area (Å²) in [5.41, 5.74) is 0. The number of rotatable bonds is 50. The van der Waals surface area contributed by atoms with Crippen molar-refractivity contribution in [1.82, 2.24) is 0 Å². The summed E-state index contributed by atoms with van der Waals surface area (Å²) in [7, 11) is 0. The van der Waals surface area contributed by atoms with E-state index < -0.39 is 6.10 Å². The van der Waals surface area contributed by atoms with Gasteiger partial charge in [-0.15, -0.1) is 0 Å². The lowest BCUT2D eigenvalue weighted by atomic mass is 10.0. The van der Waals surface area contributed by atoms with Crippen molar-refractivity contribution < 1.29 is 28.6 Å². The number of hydrogen-bond donors (Lipinski definition) is 0. The molecule has 0 heterocycles. The third-order valence-electron chi connectivity index (χ3n) is 12.7. The van der Waals surface area contributed by atoms with Gasteiger partial charge in [0.1, 0.15) is 13.2 Å². The predicted molar refractivity (Wildman–Crippen MR) is 266 cm³/mol. The summed E-state index contributed by atoms with van der Waals surface area (Å²) in [4.78, 5) is 38.0. The van der Waals surface area contributed by atoms with Crippen LogP contribution >= 0.6 is 0 Å². The van der Waals surface area contributed by atoms with Gasteiger partial charge in [-0.2, -0.15) is 0 Å². The van der Waals surface area contributed by atoms with E-state index in [4.69, 9.17) is 14.2 Å². The van der Waals surface area contributed by atoms with Crippen LogP contribution in [0.2, 0.25) is 0 Å². The number of carbonyl (C=O) groups is 3. The third kappa shape index (κ3) is 49.4. The average Bonchev–Trinajstić information content (AvgIpc) is 3.24. The second-order valence-corrected chi connectivity index (χ2v) is 20.2. The third-order valence-corrected chi connectivity index (χ3v) is 12.7. The molecular formula is C56H108O6. The van der Waals surface area contributed by atoms with Gasteiger partial charge in [-0.1, -0.05) is 272 Å². The summed E-state index contributed by atoms with van der Waals surface area (Å²) in [6.07, 6.45) is 51.0. The summed E-state index contributed by atoms with van der Waals surface area (Å²) < 4.78 is 16.8. The maximum Gasteiger partial charge on any atom is 0.306 e. The molecule has 0 aromatic carbocycles. The molecule has 0 amide bonds. The maximum absolute atomic E-state index is 12.8. The average molecular weight is 877 g/mol. The standard InChI is InChI=1S/C56H108O6/c1-6-7-8-9-10-11-12-22-25-31-36-41-46-54(57)60-49-53(50-61-55(58)47-42-37-32-28-27-30-35-40-45-52(4)5)62-56(59)48-43-38-33-26-23-20-18-16-14-13-15-17-19-21-24-29-34-39-44-51(2)3/h51-53H,6-50H2,1-5H3/t53-/m0/s1. The van der Waals surface area contributed by atoms with Crippen molar-refractivity contribution in [2.75, 3.05) is 13.2 Å². The molecule has 0 unspecified atom stereocenters. The fraction of sp³-hybridized carbons (Fsp3) is 0.946. The normalized spacial score (nSPS) is 12.0. The van der Waals surface area contributed by atoms with Gasteiger partial charge in [0.15, 0.2) is 6.10 Å². The van der Waals surface area contributed by atoms with Crippen LogP contribution in [0.4, 0.5) is 0 Å². The van der Waals surface area contributed by atoms with Crippen molar-refractivity contribution in [3.8, 4) is 0 Å². The monoisotopic (exact) mass is 877 g/mol. The molecule has 0 radical (unpaired) electrons. The first-order valence-corrected chi connectivity index (χ1v) is 27.7. The Balaban J connectivity index is 4.23. The zero-order valence-electron chi connectivity index (χ0n) is 42.5. The maximum atomic E-state index is 12.8. The van der Waals surface area contributed by atoms with E-state index in [1.54, 1.807) is 0 Å². The molecule has 0 aliphatic carbocycles. The number of hydrogen-bond acceptors (Lipinski definition) is 6. The molecule has 0 N–H and O–H groups in total. The molecule has 0 bridgehead atoms. The topological polar surface area (TPSA) is 78.9 Å². The van der Waals surface area contributed by atoms with Gasteiger partial charge >= 0.3 is 17.9 Å². The van der Waals surface area contributed by atoms with Crippen molar-refractivity contribution in [1.29, 1.82) is 0 Å². The summed E-state index contributed by atoms with van der Waals surface area (Å²) in [6, 6.07) is 0. The molecule has 0 saturated heterocycles. The Hall–Kier alpha value is -1.59. The van der Waals surface area contributed by atoms with Gasteiger partial charge in [0, 0.05) is 19.3 Å². The summed E-state index contributed by atoms with van der Waals surface area (Å²) in [5, 5.41) is 0. The van der Waals surface area contributed by atoms with Crippen LogP contribution in [-0.4, -0.2) is 37.2 Å². The molecule has 368 valence electrons. The lowest BCUT2D eigenvalue weighted by Crippen LogP contribution is -2.30. The highest BCUT2D eigenvalue weighted by Crippen LogP contribution is 2.18. The van der Waals surface area contributed by atoms with Crippen LogP contribution in [0.1, 0.15) is 311 Å². The molecule has 62 heavy (non-hydrogen) atoms. The van der Waals surface area contributed by atoms with E-state index in [9.17, 15) is 14.4 Å². The van der Waals surface area contributed by atoms with Crippen LogP contribution in [0.15, 0.2) is 0 Å². The second-order valence-electron chi connectivity index (χ2n) is 20.2. The minimum absolute atomic E-state index is 0.0634. The van der Waals surface area contributed by atoms with E-state index in [1.165, 1.54) is 199 Å². The Labute approximate surface area is 387 Å². The van der Waals surface area contributed by atoms with E-state index in [1.807, 2.05) is 0 Å². The number of unbranched alkanes of at least 4 members (excludes halogenated alkanes) is 35. The molecule has 0 spiro atoms. The highest BCUT2D eigenvalue weighted by Gasteiger charge is 2.19. The molecule has 0 aliphatic rings. The molecule has 0 saturated carbocycles. The molecular weight excluding hydrogens is 769 g/mol. The molecule has 0 aliphatic heterocycles. The summed E-state index contributed by atoms with van der Waals surface area (Å²) in [5.74, 6) is 0.809. The predicted octanol–water partition coefficient (Wildman–Crippen LogP) is 18.1. The van der Waals surface area contributed by atoms with E-state index in [2.05, 4.69) is 34.6 Å². The van der Waals surface area contributed by atoms with Crippen molar-refractivity contribution in [3.05, 3.63) is 0 Å². The fourth-order valence-corrected chi connectivity index (χ4v) is 8.52.